The molecule has 1 atom stereocenters. The molecule has 4 nitrogen and oxygen atoms in total. The Hall–Kier alpha value is 0.146. The normalized spacial score (nSPS) is 11.9. The molecule has 0 heterocycles. The number of carbonyl (C=O) groups excluding carboxylic acids is 1. The van der Waals surface area contributed by atoms with Gasteiger partial charge in [0.1, 0.15) is 5.75 Å². The Morgan fingerprint density at radius 2 is 2.11 bits per heavy atom. The summed E-state index contributed by atoms with van der Waals surface area (Å²) in [6.07, 6.45) is 3.97. The van der Waals surface area contributed by atoms with Gasteiger partial charge in [0.2, 0.25) is 0 Å². The van der Waals surface area contributed by atoms with Crippen LogP contribution in [0.15, 0.2) is 29.3 Å². The molecule has 0 fully saturated rings. The maximum absolute atomic E-state index is 10.9. The number of thioether (sulfide) groups is 1. The van der Waals surface area contributed by atoms with Crippen LogP contribution in [0, 0.1) is 0 Å². The number of aliphatic imine (C=N–C) groups is 1. The molecule has 1 unspecified atom stereocenters. The van der Waals surface area contributed by atoms with E-state index in [2.05, 4.69) is 4.99 Å². The first-order valence-corrected chi connectivity index (χ1v) is 6.93. The Bertz CT molecular complexity index is 409. The van der Waals surface area contributed by atoms with Crippen LogP contribution >= 0.6 is 11.8 Å². The molecule has 0 aliphatic carbocycles. The Balaban J connectivity index is 0.00000324. The third-order valence-electron chi connectivity index (χ3n) is 2.39. The zero-order chi connectivity index (χ0) is 13.4. The van der Waals surface area contributed by atoms with Crippen molar-refractivity contribution in [3.63, 3.8) is 0 Å². The van der Waals surface area contributed by atoms with Gasteiger partial charge >= 0.3 is 51.4 Å². The van der Waals surface area contributed by atoms with E-state index in [0.29, 0.717) is 6.42 Å². The molecule has 98 valence electrons. The van der Waals surface area contributed by atoms with E-state index < -0.39 is 12.0 Å². The number of nitrogens with zero attached hydrogens (tertiary/aromatic N) is 1. The standard InChI is InChI=1S/C13H17NO3S.K/c1-17-11-5-3-10(4-6-11)9-14-12(13(15)16)7-8-18-2;/h3-6,9,12H,7-8H2,1-2H3,(H,15,16);/q;+1/p-1. The molecule has 1 aromatic rings. The third-order valence-corrected chi connectivity index (χ3v) is 3.03. The Morgan fingerprint density at radius 3 is 2.58 bits per heavy atom. The van der Waals surface area contributed by atoms with E-state index in [-0.39, 0.29) is 51.4 Å². The van der Waals surface area contributed by atoms with Crippen molar-refractivity contribution in [2.24, 2.45) is 4.99 Å². The average Bonchev–Trinajstić information content (AvgIpc) is 2.39. The molecule has 0 aromatic heterocycles. The SMILES string of the molecule is COc1ccc(C=NC(CCSC)C(=O)[O-])cc1.[K+]. The summed E-state index contributed by atoms with van der Waals surface area (Å²) < 4.78 is 5.03. The summed E-state index contributed by atoms with van der Waals surface area (Å²) >= 11 is 1.59. The van der Waals surface area contributed by atoms with Crippen LogP contribution < -0.4 is 61.2 Å². The number of methoxy groups -OCH3 is 1. The van der Waals surface area contributed by atoms with E-state index in [1.165, 1.54) is 0 Å². The van der Waals surface area contributed by atoms with Crippen molar-refractivity contribution in [3.8, 4) is 5.75 Å². The van der Waals surface area contributed by atoms with Gasteiger partial charge in [0.05, 0.1) is 19.1 Å². The molecule has 0 spiro atoms. The van der Waals surface area contributed by atoms with Crippen molar-refractivity contribution in [3.05, 3.63) is 29.8 Å². The van der Waals surface area contributed by atoms with Gasteiger partial charge < -0.3 is 14.6 Å². The maximum Gasteiger partial charge on any atom is 1.00 e. The molecule has 0 N–H and O–H groups in total. The minimum Gasteiger partial charge on any atom is -0.548 e. The smallest absolute Gasteiger partial charge is 0.548 e. The summed E-state index contributed by atoms with van der Waals surface area (Å²) in [7, 11) is 1.59. The third kappa shape index (κ3) is 7.48. The number of ether oxygens (including phenoxy) is 1. The fraction of sp³-hybridized carbons (Fsp3) is 0.385. The van der Waals surface area contributed by atoms with E-state index in [9.17, 15) is 9.90 Å². The minimum atomic E-state index is -1.13. The van der Waals surface area contributed by atoms with E-state index in [4.69, 9.17) is 4.74 Å². The van der Waals surface area contributed by atoms with E-state index in [1.54, 1.807) is 37.2 Å². The van der Waals surface area contributed by atoms with Crippen molar-refractivity contribution in [2.75, 3.05) is 19.1 Å². The van der Waals surface area contributed by atoms with Crippen LogP contribution in [0.1, 0.15) is 12.0 Å². The van der Waals surface area contributed by atoms with Gasteiger partial charge in [0, 0.05) is 6.21 Å². The minimum absolute atomic E-state index is 0. The number of hydrogen-bond donors (Lipinski definition) is 0. The van der Waals surface area contributed by atoms with Crippen molar-refractivity contribution >= 4 is 23.9 Å². The summed E-state index contributed by atoms with van der Waals surface area (Å²) in [5, 5.41) is 10.9. The quantitative estimate of drug-likeness (QED) is 0.431. The molecular weight excluding hydrogens is 289 g/mol. The van der Waals surface area contributed by atoms with E-state index >= 15 is 0 Å². The molecule has 6 heteroatoms. The van der Waals surface area contributed by atoms with Gasteiger partial charge in [0.25, 0.3) is 0 Å². The van der Waals surface area contributed by atoms with Crippen LogP contribution in [0.25, 0.3) is 0 Å². The van der Waals surface area contributed by atoms with Gasteiger partial charge in [-0.25, -0.2) is 0 Å². The summed E-state index contributed by atoms with van der Waals surface area (Å²) in [6.45, 7) is 0. The molecule has 0 saturated heterocycles. The monoisotopic (exact) mass is 305 g/mol. The number of carboxylic acid groups (broad SMARTS) is 1. The first-order valence-electron chi connectivity index (χ1n) is 5.54. The number of carboxylic acids is 1. The van der Waals surface area contributed by atoms with Gasteiger partial charge in [-0.1, -0.05) is 0 Å². The second-order valence-electron chi connectivity index (χ2n) is 3.67. The van der Waals surface area contributed by atoms with Gasteiger partial charge in [-0.15, -0.1) is 0 Å². The molecular formula is C13H16KNO3S. The molecule has 0 bridgehead atoms. The number of hydrogen-bond acceptors (Lipinski definition) is 5. The number of benzene rings is 1. The zero-order valence-corrected chi connectivity index (χ0v) is 15.4. The number of carbonyl (C=O) groups is 1. The average molecular weight is 305 g/mol. The topological polar surface area (TPSA) is 61.7 Å². The first kappa shape index (κ1) is 19.1. The molecule has 1 rings (SSSR count). The van der Waals surface area contributed by atoms with Crippen molar-refractivity contribution in [1.82, 2.24) is 0 Å². The second kappa shape index (κ2) is 10.9. The van der Waals surface area contributed by atoms with Gasteiger partial charge in [0.15, 0.2) is 0 Å². The van der Waals surface area contributed by atoms with Gasteiger partial charge in [-0.2, -0.15) is 11.8 Å². The fourth-order valence-corrected chi connectivity index (χ4v) is 1.81. The van der Waals surface area contributed by atoms with Crippen LogP contribution in [0.3, 0.4) is 0 Å². The van der Waals surface area contributed by atoms with Crippen LogP contribution in [0.4, 0.5) is 0 Å². The van der Waals surface area contributed by atoms with E-state index in [1.807, 2.05) is 18.4 Å². The second-order valence-corrected chi connectivity index (χ2v) is 4.65. The van der Waals surface area contributed by atoms with Crippen LogP contribution in [0.5, 0.6) is 5.75 Å². The summed E-state index contributed by atoms with van der Waals surface area (Å²) in [5.74, 6) is 0.373. The summed E-state index contributed by atoms with van der Waals surface area (Å²) in [4.78, 5) is 14.9. The largest absolute Gasteiger partial charge is 1.00 e. The number of rotatable bonds is 7. The maximum atomic E-state index is 10.9. The zero-order valence-electron chi connectivity index (χ0n) is 11.5. The molecule has 0 aliphatic rings. The van der Waals surface area contributed by atoms with Crippen molar-refractivity contribution in [2.45, 2.75) is 12.5 Å². The molecule has 0 aliphatic heterocycles. The van der Waals surface area contributed by atoms with Crippen molar-refractivity contribution in [1.29, 1.82) is 0 Å². The summed E-state index contributed by atoms with van der Waals surface area (Å²) in [6, 6.07) is 6.47. The predicted molar refractivity (Wildman–Crippen MR) is 72.4 cm³/mol. The summed E-state index contributed by atoms with van der Waals surface area (Å²) in [5.41, 5.74) is 0.839. The number of aliphatic carboxylic acids is 1. The molecule has 19 heavy (non-hydrogen) atoms. The Morgan fingerprint density at radius 1 is 1.47 bits per heavy atom. The van der Waals surface area contributed by atoms with Crippen LogP contribution in [-0.2, 0) is 4.79 Å². The fourth-order valence-electron chi connectivity index (χ4n) is 1.35. The predicted octanol–water partition coefficient (Wildman–Crippen LogP) is -2.01. The van der Waals surface area contributed by atoms with Crippen molar-refractivity contribution < 1.29 is 66.0 Å². The molecule has 1 aromatic carbocycles. The van der Waals surface area contributed by atoms with Crippen LogP contribution in [0.2, 0.25) is 0 Å². The molecule has 0 saturated carbocycles. The van der Waals surface area contributed by atoms with Gasteiger partial charge in [-0.05, 0) is 48.3 Å². The van der Waals surface area contributed by atoms with E-state index in [0.717, 1.165) is 17.1 Å². The van der Waals surface area contributed by atoms with Crippen LogP contribution in [-0.4, -0.2) is 37.3 Å². The van der Waals surface area contributed by atoms with Gasteiger partial charge in [-0.3, -0.25) is 4.99 Å². The first-order chi connectivity index (χ1) is 8.67. The Kier molecular flexibility index (Phi) is 11.0. The Labute approximate surface area is 160 Å². The molecule has 0 amide bonds. The molecule has 0 radical (unpaired) electrons.